The quantitative estimate of drug-likeness (QED) is 0.547. The standard InChI is InChI=1S/C24H28N2O5/c1-17-9-5-7-11-19(17)26-23(27)21(18-10-6-8-12-20(18)31-4)22(24(26)28)25(13-15-29-2)14-16-30-3/h5-12H,13-16H2,1-4H3. The summed E-state index contributed by atoms with van der Waals surface area (Å²) in [5, 5.41) is 0. The maximum atomic E-state index is 13.7. The van der Waals surface area contributed by atoms with Crippen LogP contribution in [-0.2, 0) is 19.1 Å². The molecule has 0 unspecified atom stereocenters. The number of methoxy groups -OCH3 is 3. The normalized spacial score (nSPS) is 13.9. The SMILES string of the molecule is COCCN(CCOC)C1=C(c2ccccc2OC)C(=O)N(c2ccccc2C)C1=O. The van der Waals surface area contributed by atoms with Gasteiger partial charge in [-0.3, -0.25) is 9.59 Å². The minimum Gasteiger partial charge on any atom is -0.496 e. The van der Waals surface area contributed by atoms with E-state index in [0.29, 0.717) is 54.6 Å². The molecule has 1 aliphatic heterocycles. The lowest BCUT2D eigenvalue weighted by molar-refractivity contribution is -0.120. The molecule has 0 aromatic heterocycles. The van der Waals surface area contributed by atoms with E-state index >= 15 is 0 Å². The van der Waals surface area contributed by atoms with Gasteiger partial charge in [0.05, 0.1) is 31.6 Å². The summed E-state index contributed by atoms with van der Waals surface area (Å²) in [5.74, 6) is -0.215. The monoisotopic (exact) mass is 424 g/mol. The second-order valence-corrected chi connectivity index (χ2v) is 7.13. The van der Waals surface area contributed by atoms with Crippen molar-refractivity contribution < 1.29 is 23.8 Å². The Morgan fingerprint density at radius 2 is 1.45 bits per heavy atom. The molecule has 7 heteroatoms. The van der Waals surface area contributed by atoms with E-state index in [9.17, 15) is 9.59 Å². The van der Waals surface area contributed by atoms with Crippen LogP contribution >= 0.6 is 0 Å². The first-order valence-electron chi connectivity index (χ1n) is 10.1. The van der Waals surface area contributed by atoms with Crippen molar-refractivity contribution in [1.82, 2.24) is 4.90 Å². The van der Waals surface area contributed by atoms with Crippen molar-refractivity contribution in [2.45, 2.75) is 6.92 Å². The Morgan fingerprint density at radius 1 is 0.839 bits per heavy atom. The molecule has 0 spiro atoms. The minimum absolute atomic E-state index is 0.318. The number of hydrogen-bond donors (Lipinski definition) is 0. The summed E-state index contributed by atoms with van der Waals surface area (Å²) in [5.41, 5.74) is 2.63. The highest BCUT2D eigenvalue weighted by Gasteiger charge is 2.43. The Morgan fingerprint density at radius 3 is 2.06 bits per heavy atom. The van der Waals surface area contributed by atoms with E-state index in [-0.39, 0.29) is 11.8 Å². The molecular weight excluding hydrogens is 396 g/mol. The number of anilines is 1. The Hall–Kier alpha value is -3.16. The predicted octanol–water partition coefficient (Wildman–Crippen LogP) is 2.88. The fourth-order valence-electron chi connectivity index (χ4n) is 3.68. The zero-order valence-electron chi connectivity index (χ0n) is 18.4. The van der Waals surface area contributed by atoms with Gasteiger partial charge < -0.3 is 19.1 Å². The lowest BCUT2D eigenvalue weighted by Crippen LogP contribution is -2.38. The van der Waals surface area contributed by atoms with Crippen LogP contribution in [0.15, 0.2) is 54.2 Å². The zero-order valence-corrected chi connectivity index (χ0v) is 18.4. The smallest absolute Gasteiger partial charge is 0.282 e. The molecule has 0 bridgehead atoms. The summed E-state index contributed by atoms with van der Waals surface area (Å²) in [6, 6.07) is 14.6. The first-order chi connectivity index (χ1) is 15.0. The van der Waals surface area contributed by atoms with E-state index < -0.39 is 0 Å². The third-order valence-electron chi connectivity index (χ3n) is 5.24. The third-order valence-corrected chi connectivity index (χ3v) is 5.24. The van der Waals surface area contributed by atoms with Gasteiger partial charge >= 0.3 is 0 Å². The summed E-state index contributed by atoms with van der Waals surface area (Å²) in [7, 11) is 4.75. The molecule has 0 saturated heterocycles. The zero-order chi connectivity index (χ0) is 22.4. The van der Waals surface area contributed by atoms with Crippen LogP contribution in [0.4, 0.5) is 5.69 Å². The average molecular weight is 424 g/mol. The molecule has 0 aliphatic carbocycles. The number of imide groups is 1. The highest BCUT2D eigenvalue weighted by molar-refractivity contribution is 6.45. The molecule has 0 N–H and O–H groups in total. The Balaban J connectivity index is 2.19. The first-order valence-corrected chi connectivity index (χ1v) is 10.1. The van der Waals surface area contributed by atoms with Crippen molar-refractivity contribution in [2.75, 3.05) is 52.5 Å². The average Bonchev–Trinajstić information content (AvgIpc) is 3.04. The number of carbonyl (C=O) groups excluding carboxylic acids is 2. The lowest BCUT2D eigenvalue weighted by atomic mass is 10.0. The van der Waals surface area contributed by atoms with Gasteiger partial charge in [0.1, 0.15) is 11.4 Å². The molecule has 0 atom stereocenters. The van der Waals surface area contributed by atoms with Gasteiger partial charge in [-0.2, -0.15) is 0 Å². The Labute approximate surface area is 182 Å². The third kappa shape index (κ3) is 4.47. The van der Waals surface area contributed by atoms with Crippen molar-refractivity contribution in [3.05, 3.63) is 65.4 Å². The number of para-hydroxylation sites is 2. The molecule has 0 radical (unpaired) electrons. The number of benzene rings is 2. The summed E-state index contributed by atoms with van der Waals surface area (Å²) >= 11 is 0. The minimum atomic E-state index is -0.376. The number of hydrogen-bond acceptors (Lipinski definition) is 6. The van der Waals surface area contributed by atoms with Crippen molar-refractivity contribution in [1.29, 1.82) is 0 Å². The largest absolute Gasteiger partial charge is 0.496 e. The van der Waals surface area contributed by atoms with Gasteiger partial charge in [-0.05, 0) is 24.6 Å². The molecule has 1 aliphatic rings. The molecule has 0 saturated carbocycles. The van der Waals surface area contributed by atoms with E-state index in [4.69, 9.17) is 14.2 Å². The van der Waals surface area contributed by atoms with Gasteiger partial charge in [0, 0.05) is 32.9 Å². The highest BCUT2D eigenvalue weighted by atomic mass is 16.5. The van der Waals surface area contributed by atoms with Crippen LogP contribution < -0.4 is 9.64 Å². The maximum absolute atomic E-state index is 13.7. The van der Waals surface area contributed by atoms with E-state index in [1.165, 1.54) is 4.90 Å². The van der Waals surface area contributed by atoms with Crippen molar-refractivity contribution >= 4 is 23.1 Å². The molecule has 3 rings (SSSR count). The van der Waals surface area contributed by atoms with E-state index in [2.05, 4.69) is 0 Å². The molecule has 1 heterocycles. The van der Waals surface area contributed by atoms with Crippen LogP contribution in [-0.4, -0.2) is 64.3 Å². The lowest BCUT2D eigenvalue weighted by Gasteiger charge is -2.26. The molecule has 0 fully saturated rings. The molecule has 2 aromatic rings. The summed E-state index contributed by atoms with van der Waals surface area (Å²) in [6.07, 6.45) is 0. The topological polar surface area (TPSA) is 68.3 Å². The van der Waals surface area contributed by atoms with Gasteiger partial charge in [0.15, 0.2) is 0 Å². The van der Waals surface area contributed by atoms with Crippen LogP contribution in [0.3, 0.4) is 0 Å². The second-order valence-electron chi connectivity index (χ2n) is 7.13. The summed E-state index contributed by atoms with van der Waals surface area (Å²) < 4.78 is 16.0. The number of amides is 2. The van der Waals surface area contributed by atoms with Crippen LogP contribution in [0.25, 0.3) is 5.57 Å². The van der Waals surface area contributed by atoms with E-state index in [1.807, 2.05) is 42.2 Å². The maximum Gasteiger partial charge on any atom is 0.282 e. The number of rotatable bonds is 10. The van der Waals surface area contributed by atoms with Gasteiger partial charge in [-0.25, -0.2) is 4.90 Å². The molecule has 2 amide bonds. The first kappa shape index (κ1) is 22.5. The van der Waals surface area contributed by atoms with Gasteiger partial charge in [-0.15, -0.1) is 0 Å². The molecule has 31 heavy (non-hydrogen) atoms. The van der Waals surface area contributed by atoms with Gasteiger partial charge in [-0.1, -0.05) is 36.4 Å². The van der Waals surface area contributed by atoms with Crippen molar-refractivity contribution in [3.63, 3.8) is 0 Å². The predicted molar refractivity (Wildman–Crippen MR) is 119 cm³/mol. The van der Waals surface area contributed by atoms with Crippen LogP contribution in [0, 0.1) is 6.92 Å². The molecule has 164 valence electrons. The second kappa shape index (κ2) is 10.2. The summed E-state index contributed by atoms with van der Waals surface area (Å²) in [6.45, 7) is 3.56. The van der Waals surface area contributed by atoms with Crippen molar-refractivity contribution in [2.24, 2.45) is 0 Å². The Kier molecular flexibility index (Phi) is 7.44. The molecular formula is C24H28N2O5. The van der Waals surface area contributed by atoms with Gasteiger partial charge in [0.2, 0.25) is 0 Å². The van der Waals surface area contributed by atoms with Crippen LogP contribution in [0.5, 0.6) is 5.75 Å². The number of ether oxygens (including phenoxy) is 3. The Bertz CT molecular complexity index is 977. The number of nitrogens with zero attached hydrogens (tertiary/aromatic N) is 2. The van der Waals surface area contributed by atoms with E-state index in [0.717, 1.165) is 5.56 Å². The van der Waals surface area contributed by atoms with Crippen molar-refractivity contribution in [3.8, 4) is 5.75 Å². The highest BCUT2D eigenvalue weighted by Crippen LogP contribution is 2.38. The number of carbonyl (C=O) groups is 2. The van der Waals surface area contributed by atoms with Gasteiger partial charge in [0.25, 0.3) is 11.8 Å². The fraction of sp³-hybridized carbons (Fsp3) is 0.333. The molecule has 2 aromatic carbocycles. The molecule has 7 nitrogen and oxygen atoms in total. The van der Waals surface area contributed by atoms with Crippen LogP contribution in [0.2, 0.25) is 0 Å². The van der Waals surface area contributed by atoms with E-state index in [1.54, 1.807) is 39.5 Å². The fourth-order valence-corrected chi connectivity index (χ4v) is 3.68. The van der Waals surface area contributed by atoms with Crippen LogP contribution in [0.1, 0.15) is 11.1 Å². The summed E-state index contributed by atoms with van der Waals surface area (Å²) in [4.78, 5) is 30.5. The number of aryl methyl sites for hydroxylation is 1.